The predicted octanol–water partition coefficient (Wildman–Crippen LogP) is 4.46. The van der Waals surface area contributed by atoms with Crippen molar-refractivity contribution in [2.24, 2.45) is 4.99 Å². The van der Waals surface area contributed by atoms with Gasteiger partial charge >= 0.3 is 11.9 Å². The Morgan fingerprint density at radius 2 is 1.82 bits per heavy atom. The lowest BCUT2D eigenvalue weighted by molar-refractivity contribution is -0.145. The number of aryl methyl sites for hydroxylation is 1. The summed E-state index contributed by atoms with van der Waals surface area (Å²) in [4.78, 5) is 43.5. The highest BCUT2D eigenvalue weighted by molar-refractivity contribution is 9.10. The zero-order valence-corrected chi connectivity index (χ0v) is 24.9. The molecule has 0 saturated carbocycles. The number of benzene rings is 2. The second-order valence-corrected chi connectivity index (χ2v) is 10.9. The van der Waals surface area contributed by atoms with Gasteiger partial charge in [0.25, 0.3) is 5.56 Å². The van der Waals surface area contributed by atoms with E-state index >= 15 is 0 Å². The lowest BCUT2D eigenvalue weighted by Gasteiger charge is -2.24. The van der Waals surface area contributed by atoms with Crippen LogP contribution in [0.1, 0.15) is 43.5 Å². The van der Waals surface area contributed by atoms with Crippen LogP contribution in [0.5, 0.6) is 5.75 Å². The van der Waals surface area contributed by atoms with Crippen LogP contribution >= 0.6 is 38.9 Å². The molecular formula is C28H26BrClN2O6S. The Labute approximate surface area is 242 Å². The lowest BCUT2D eigenvalue weighted by atomic mass is 9.95. The molecule has 11 heteroatoms. The topological polar surface area (TPSA) is 96.2 Å². The Morgan fingerprint density at radius 1 is 1.13 bits per heavy atom. The minimum Gasteiger partial charge on any atom is -0.479 e. The maximum absolute atomic E-state index is 13.8. The van der Waals surface area contributed by atoms with Gasteiger partial charge in [0.2, 0.25) is 0 Å². The first-order valence-electron chi connectivity index (χ1n) is 12.2. The molecule has 1 aromatic heterocycles. The van der Waals surface area contributed by atoms with E-state index < -0.39 is 18.0 Å². The molecule has 0 amide bonds. The Bertz CT molecular complexity index is 1620. The number of thiazole rings is 1. The predicted molar refractivity (Wildman–Crippen MR) is 153 cm³/mol. The van der Waals surface area contributed by atoms with E-state index in [4.69, 9.17) is 25.8 Å². The molecule has 8 nitrogen and oxygen atoms in total. The van der Waals surface area contributed by atoms with Crippen LogP contribution in [-0.4, -0.2) is 36.3 Å². The van der Waals surface area contributed by atoms with Crippen LogP contribution in [0.2, 0.25) is 5.02 Å². The fourth-order valence-electron chi connectivity index (χ4n) is 4.14. The largest absolute Gasteiger partial charge is 0.479 e. The number of halogens is 2. The summed E-state index contributed by atoms with van der Waals surface area (Å²) in [6, 6.07) is 10.4. The van der Waals surface area contributed by atoms with E-state index in [1.165, 1.54) is 15.9 Å². The second kappa shape index (κ2) is 12.3. The average molecular weight is 634 g/mol. The number of allylic oxidation sites excluding steroid dienone is 1. The molecule has 0 bridgehead atoms. The van der Waals surface area contributed by atoms with Gasteiger partial charge in [-0.15, -0.1) is 0 Å². The summed E-state index contributed by atoms with van der Waals surface area (Å²) >= 11 is 11.1. The fraction of sp³-hybridized carbons (Fsp3) is 0.286. The molecule has 1 aliphatic rings. The Morgan fingerprint density at radius 3 is 2.46 bits per heavy atom. The molecule has 204 valence electrons. The second-order valence-electron chi connectivity index (χ2n) is 8.62. The molecule has 0 N–H and O–H groups in total. The number of carbonyl (C=O) groups excluding carboxylic acids is 2. The van der Waals surface area contributed by atoms with Gasteiger partial charge in [0, 0.05) is 0 Å². The van der Waals surface area contributed by atoms with Crippen molar-refractivity contribution in [3.63, 3.8) is 0 Å². The van der Waals surface area contributed by atoms with Crippen molar-refractivity contribution in [2.45, 2.75) is 33.7 Å². The summed E-state index contributed by atoms with van der Waals surface area (Å²) < 4.78 is 18.2. The zero-order chi connectivity index (χ0) is 28.3. The minimum atomic E-state index is -0.683. The third-order valence-electron chi connectivity index (χ3n) is 5.87. The number of ether oxygens (including phenoxy) is 3. The average Bonchev–Trinajstić information content (AvgIpc) is 3.17. The molecular weight excluding hydrogens is 608 g/mol. The summed E-state index contributed by atoms with van der Waals surface area (Å²) in [6.07, 6.45) is 1.70. The smallest absolute Gasteiger partial charge is 0.344 e. The monoisotopic (exact) mass is 632 g/mol. The van der Waals surface area contributed by atoms with E-state index in [2.05, 4.69) is 20.9 Å². The van der Waals surface area contributed by atoms with Gasteiger partial charge in [-0.3, -0.25) is 9.36 Å². The Kier molecular flexibility index (Phi) is 9.09. The summed E-state index contributed by atoms with van der Waals surface area (Å²) in [5, 5.41) is 0.255. The van der Waals surface area contributed by atoms with Crippen LogP contribution in [0.25, 0.3) is 6.08 Å². The third kappa shape index (κ3) is 6.18. The molecule has 0 fully saturated rings. The molecule has 0 spiro atoms. The highest BCUT2D eigenvalue weighted by Crippen LogP contribution is 2.35. The van der Waals surface area contributed by atoms with Crippen LogP contribution < -0.4 is 19.6 Å². The van der Waals surface area contributed by atoms with E-state index in [-0.39, 0.29) is 36.2 Å². The first kappa shape index (κ1) is 28.8. The van der Waals surface area contributed by atoms with Gasteiger partial charge in [-0.25, -0.2) is 14.6 Å². The standard InChI is InChI=1S/C28H26BrClN2O6S/c1-5-36-22(33)14-38-25-19(29)11-17(12-20(25)30)13-21-26(34)32-24(18-9-7-15(3)8-10-18)23(27(35)37-6-2)16(4)31-28(32)39-21/h7-13,24H,5-6,14H2,1-4H3/b21-13+/t24-/m1/s1. The van der Waals surface area contributed by atoms with Crippen LogP contribution in [0.15, 0.2) is 61.9 Å². The molecule has 39 heavy (non-hydrogen) atoms. The SMILES string of the molecule is CCOC(=O)COc1c(Cl)cc(/C=c2/sc3n(c2=O)[C@H](c2ccc(C)cc2)C(C(=O)OCC)=C(C)N=3)cc1Br. The number of hydrogen-bond acceptors (Lipinski definition) is 8. The number of aromatic nitrogens is 1. The zero-order valence-electron chi connectivity index (χ0n) is 21.7. The number of carbonyl (C=O) groups is 2. The van der Waals surface area contributed by atoms with Crippen LogP contribution in [0.3, 0.4) is 0 Å². The van der Waals surface area contributed by atoms with E-state index in [1.54, 1.807) is 39.0 Å². The van der Waals surface area contributed by atoms with Gasteiger partial charge in [-0.05, 0) is 73.0 Å². The molecule has 2 aromatic carbocycles. The van der Waals surface area contributed by atoms with Gasteiger partial charge in [0.1, 0.15) is 0 Å². The van der Waals surface area contributed by atoms with Crippen molar-refractivity contribution in [2.75, 3.05) is 19.8 Å². The van der Waals surface area contributed by atoms with E-state index in [0.717, 1.165) is 11.1 Å². The number of rotatable bonds is 8. The molecule has 1 atom stereocenters. The van der Waals surface area contributed by atoms with Crippen LogP contribution in [0, 0.1) is 6.92 Å². The summed E-state index contributed by atoms with van der Waals surface area (Å²) in [6.45, 7) is 7.33. The normalized spacial score (nSPS) is 15.0. The molecule has 1 aliphatic heterocycles. The highest BCUT2D eigenvalue weighted by atomic mass is 79.9. The van der Waals surface area contributed by atoms with Gasteiger partial charge in [0.15, 0.2) is 17.2 Å². The number of fused-ring (bicyclic) bond motifs is 1. The van der Waals surface area contributed by atoms with Gasteiger partial charge in [-0.1, -0.05) is 52.8 Å². The van der Waals surface area contributed by atoms with Gasteiger partial charge in [-0.2, -0.15) is 0 Å². The van der Waals surface area contributed by atoms with Crippen molar-refractivity contribution < 1.29 is 23.8 Å². The van der Waals surface area contributed by atoms with Gasteiger partial charge in [0.05, 0.1) is 44.6 Å². The summed E-state index contributed by atoms with van der Waals surface area (Å²) in [7, 11) is 0. The van der Waals surface area contributed by atoms with Crippen LogP contribution in [0.4, 0.5) is 0 Å². The number of nitrogens with zero attached hydrogens (tertiary/aromatic N) is 2. The Balaban J connectivity index is 1.80. The number of esters is 2. The first-order chi connectivity index (χ1) is 18.6. The van der Waals surface area contributed by atoms with Gasteiger partial charge < -0.3 is 14.2 Å². The van der Waals surface area contributed by atoms with E-state index in [0.29, 0.717) is 30.6 Å². The van der Waals surface area contributed by atoms with Crippen molar-refractivity contribution in [3.8, 4) is 5.75 Å². The quantitative estimate of drug-likeness (QED) is 0.340. The summed E-state index contributed by atoms with van der Waals surface area (Å²) in [5.74, 6) is -0.726. The minimum absolute atomic E-state index is 0.204. The molecule has 0 unspecified atom stereocenters. The van der Waals surface area contributed by atoms with Crippen LogP contribution in [-0.2, 0) is 19.1 Å². The molecule has 3 aromatic rings. The summed E-state index contributed by atoms with van der Waals surface area (Å²) in [5.41, 5.74) is 3.00. The fourth-order valence-corrected chi connectivity index (χ4v) is 6.18. The first-order valence-corrected chi connectivity index (χ1v) is 14.2. The van der Waals surface area contributed by atoms with E-state index in [1.807, 2.05) is 31.2 Å². The van der Waals surface area contributed by atoms with Crippen molar-refractivity contribution in [1.82, 2.24) is 4.57 Å². The van der Waals surface area contributed by atoms with Crippen molar-refractivity contribution in [3.05, 3.63) is 93.5 Å². The lowest BCUT2D eigenvalue weighted by Crippen LogP contribution is -2.39. The molecule has 4 rings (SSSR count). The Hall–Kier alpha value is -3.21. The van der Waals surface area contributed by atoms with Crippen molar-refractivity contribution in [1.29, 1.82) is 0 Å². The molecule has 0 aliphatic carbocycles. The molecule has 0 radical (unpaired) electrons. The maximum Gasteiger partial charge on any atom is 0.344 e. The highest BCUT2D eigenvalue weighted by Gasteiger charge is 2.33. The molecule has 2 heterocycles. The van der Waals surface area contributed by atoms with E-state index in [9.17, 15) is 14.4 Å². The number of hydrogen-bond donors (Lipinski definition) is 0. The van der Waals surface area contributed by atoms with Crippen molar-refractivity contribution >= 4 is 56.9 Å². The maximum atomic E-state index is 13.8. The third-order valence-corrected chi connectivity index (χ3v) is 7.72. The molecule has 0 saturated heterocycles.